The van der Waals surface area contributed by atoms with E-state index in [1.807, 2.05) is 11.9 Å². The summed E-state index contributed by atoms with van der Waals surface area (Å²) < 4.78 is 5.32. The number of likely N-dealkylation sites (N-methyl/N-ethyl adjacent to an activating group) is 1. The summed E-state index contributed by atoms with van der Waals surface area (Å²) in [6, 6.07) is 3.13. The largest absolute Gasteiger partial charge is 0.379 e. The average molecular weight is 252 g/mol. The first-order valence-electron chi connectivity index (χ1n) is 5.76. The Morgan fingerprint density at radius 3 is 2.94 bits per heavy atom. The maximum Gasteiger partial charge on any atom is 0.276 e. The van der Waals surface area contributed by atoms with Gasteiger partial charge in [0.05, 0.1) is 29.7 Å². The van der Waals surface area contributed by atoms with Crippen LogP contribution in [0.5, 0.6) is 0 Å². The molecule has 1 aliphatic heterocycles. The van der Waals surface area contributed by atoms with Gasteiger partial charge < -0.3 is 15.0 Å². The third-order valence-electron chi connectivity index (χ3n) is 3.08. The Morgan fingerprint density at radius 2 is 2.39 bits per heavy atom. The summed E-state index contributed by atoms with van der Waals surface area (Å²) in [6.07, 6.45) is 0.912. The Labute approximate surface area is 105 Å². The number of rotatable bonds is 4. The molecule has 0 amide bonds. The van der Waals surface area contributed by atoms with E-state index in [1.165, 1.54) is 12.1 Å². The van der Waals surface area contributed by atoms with Gasteiger partial charge in [-0.15, -0.1) is 0 Å². The number of ether oxygens (including phenoxy) is 1. The van der Waals surface area contributed by atoms with Gasteiger partial charge in [0.25, 0.3) is 5.69 Å². The lowest BCUT2D eigenvalue weighted by Crippen LogP contribution is -2.32. The number of pyridine rings is 1. The topological polar surface area (TPSA) is 80.5 Å². The van der Waals surface area contributed by atoms with Gasteiger partial charge in [-0.2, -0.15) is 0 Å². The molecule has 0 spiro atoms. The van der Waals surface area contributed by atoms with Gasteiger partial charge in [0.2, 0.25) is 0 Å². The van der Waals surface area contributed by atoms with Crippen LogP contribution in [0, 0.1) is 10.1 Å². The van der Waals surface area contributed by atoms with Crippen LogP contribution in [-0.2, 0) is 4.74 Å². The molecule has 0 aliphatic carbocycles. The smallest absolute Gasteiger partial charge is 0.276 e. The van der Waals surface area contributed by atoms with Crippen LogP contribution in [-0.4, -0.2) is 43.3 Å². The summed E-state index contributed by atoms with van der Waals surface area (Å²) in [5, 5.41) is 13.7. The van der Waals surface area contributed by atoms with Crippen LogP contribution in [0.25, 0.3) is 0 Å². The highest BCUT2D eigenvalue weighted by Crippen LogP contribution is 2.25. The van der Waals surface area contributed by atoms with Crippen molar-refractivity contribution in [3.05, 3.63) is 22.2 Å². The van der Waals surface area contributed by atoms with Crippen molar-refractivity contribution in [2.75, 3.05) is 37.5 Å². The number of aromatic nitrogens is 1. The summed E-state index contributed by atoms with van der Waals surface area (Å²) in [6.45, 7) is 1.36. The predicted octanol–water partition coefficient (Wildman–Crippen LogP) is 1.26. The zero-order valence-corrected chi connectivity index (χ0v) is 10.4. The summed E-state index contributed by atoms with van der Waals surface area (Å²) in [4.78, 5) is 16.7. The van der Waals surface area contributed by atoms with E-state index in [0.29, 0.717) is 18.2 Å². The minimum Gasteiger partial charge on any atom is -0.379 e. The summed E-state index contributed by atoms with van der Waals surface area (Å²) in [7, 11) is 3.57. The van der Waals surface area contributed by atoms with Crippen LogP contribution in [0.4, 0.5) is 17.3 Å². The van der Waals surface area contributed by atoms with Gasteiger partial charge in [0.1, 0.15) is 11.6 Å². The van der Waals surface area contributed by atoms with Crippen molar-refractivity contribution in [3.63, 3.8) is 0 Å². The van der Waals surface area contributed by atoms with Gasteiger partial charge in [0.15, 0.2) is 0 Å². The molecule has 1 aromatic rings. The van der Waals surface area contributed by atoms with E-state index >= 15 is 0 Å². The molecule has 1 N–H and O–H groups in total. The van der Waals surface area contributed by atoms with E-state index in [1.54, 1.807) is 7.05 Å². The Balaban J connectivity index is 2.30. The van der Waals surface area contributed by atoms with E-state index in [9.17, 15) is 10.1 Å². The number of nitrogens with one attached hydrogen (secondary N) is 1. The van der Waals surface area contributed by atoms with Crippen molar-refractivity contribution in [2.24, 2.45) is 0 Å². The number of anilines is 2. The van der Waals surface area contributed by atoms with Crippen molar-refractivity contribution in [1.82, 2.24) is 4.98 Å². The first kappa shape index (κ1) is 12.6. The quantitative estimate of drug-likeness (QED) is 0.641. The third kappa shape index (κ3) is 2.51. The third-order valence-corrected chi connectivity index (χ3v) is 3.08. The first-order valence-corrected chi connectivity index (χ1v) is 5.76. The molecule has 1 unspecified atom stereocenters. The molecule has 1 aliphatic rings. The fraction of sp³-hybridized carbons (Fsp3) is 0.545. The molecule has 98 valence electrons. The Bertz CT molecular complexity index is 446. The summed E-state index contributed by atoms with van der Waals surface area (Å²) in [5.74, 6) is 1.08. The van der Waals surface area contributed by atoms with Crippen LogP contribution in [0.3, 0.4) is 0 Å². The Morgan fingerprint density at radius 1 is 1.61 bits per heavy atom. The van der Waals surface area contributed by atoms with Gasteiger partial charge in [-0.1, -0.05) is 0 Å². The second-order valence-corrected chi connectivity index (χ2v) is 4.20. The molecule has 7 nitrogen and oxygen atoms in total. The molecule has 0 saturated carbocycles. The van der Waals surface area contributed by atoms with E-state index < -0.39 is 4.92 Å². The maximum atomic E-state index is 10.9. The minimum atomic E-state index is -0.412. The van der Waals surface area contributed by atoms with Crippen molar-refractivity contribution < 1.29 is 9.66 Å². The molecule has 18 heavy (non-hydrogen) atoms. The number of nitrogens with zero attached hydrogens (tertiary/aromatic N) is 3. The van der Waals surface area contributed by atoms with Crippen LogP contribution < -0.4 is 10.2 Å². The zero-order chi connectivity index (χ0) is 13.1. The van der Waals surface area contributed by atoms with Crippen molar-refractivity contribution >= 4 is 17.3 Å². The Kier molecular flexibility index (Phi) is 3.61. The molecule has 2 rings (SSSR count). The summed E-state index contributed by atoms with van der Waals surface area (Å²) in [5.41, 5.74) is 0.0371. The molecular weight excluding hydrogens is 236 g/mol. The number of hydrogen-bond donors (Lipinski definition) is 1. The number of hydrogen-bond acceptors (Lipinski definition) is 6. The molecule has 0 radical (unpaired) electrons. The van der Waals surface area contributed by atoms with Gasteiger partial charge in [0, 0.05) is 20.7 Å². The normalized spacial score (nSPS) is 18.7. The van der Waals surface area contributed by atoms with E-state index in [0.717, 1.165) is 13.0 Å². The van der Waals surface area contributed by atoms with Gasteiger partial charge in [-0.05, 0) is 6.42 Å². The zero-order valence-electron chi connectivity index (χ0n) is 10.4. The van der Waals surface area contributed by atoms with Crippen molar-refractivity contribution in [3.8, 4) is 0 Å². The maximum absolute atomic E-state index is 10.9. The van der Waals surface area contributed by atoms with Crippen LogP contribution in [0.2, 0.25) is 0 Å². The highest BCUT2D eigenvalue weighted by Gasteiger charge is 2.23. The average Bonchev–Trinajstić information content (AvgIpc) is 2.91. The second-order valence-electron chi connectivity index (χ2n) is 4.20. The fourth-order valence-electron chi connectivity index (χ4n) is 1.93. The van der Waals surface area contributed by atoms with Crippen LogP contribution in [0.15, 0.2) is 12.1 Å². The standard InChI is InChI=1S/C11H16N4O3/c1-12-10-5-9(15(16)17)6-11(13-10)14(2)8-3-4-18-7-8/h5-6,8H,3-4,7H2,1-2H3,(H,12,13). The molecule has 0 bridgehead atoms. The lowest BCUT2D eigenvalue weighted by atomic mass is 10.2. The Hall–Kier alpha value is -1.89. The second kappa shape index (κ2) is 5.18. The van der Waals surface area contributed by atoms with Gasteiger partial charge in [-0.25, -0.2) is 4.98 Å². The summed E-state index contributed by atoms with van der Waals surface area (Å²) >= 11 is 0. The molecule has 7 heteroatoms. The minimum absolute atomic E-state index is 0.0371. The lowest BCUT2D eigenvalue weighted by molar-refractivity contribution is -0.384. The van der Waals surface area contributed by atoms with Gasteiger partial charge >= 0.3 is 0 Å². The molecule has 2 heterocycles. The van der Waals surface area contributed by atoms with E-state index in [2.05, 4.69) is 10.3 Å². The van der Waals surface area contributed by atoms with E-state index in [-0.39, 0.29) is 11.7 Å². The molecular formula is C11H16N4O3. The van der Waals surface area contributed by atoms with Crippen molar-refractivity contribution in [2.45, 2.75) is 12.5 Å². The SMILES string of the molecule is CNc1cc([N+](=O)[O-])cc(N(C)C2CCOC2)n1. The lowest BCUT2D eigenvalue weighted by Gasteiger charge is -2.24. The van der Waals surface area contributed by atoms with Crippen LogP contribution >= 0.6 is 0 Å². The molecule has 1 saturated heterocycles. The van der Waals surface area contributed by atoms with Crippen molar-refractivity contribution in [1.29, 1.82) is 0 Å². The monoisotopic (exact) mass is 252 g/mol. The first-order chi connectivity index (χ1) is 8.61. The van der Waals surface area contributed by atoms with Gasteiger partial charge in [-0.3, -0.25) is 10.1 Å². The molecule has 1 fully saturated rings. The van der Waals surface area contributed by atoms with Crippen LogP contribution in [0.1, 0.15) is 6.42 Å². The predicted molar refractivity (Wildman–Crippen MR) is 68.1 cm³/mol. The highest BCUT2D eigenvalue weighted by atomic mass is 16.6. The molecule has 1 aromatic heterocycles. The highest BCUT2D eigenvalue weighted by molar-refractivity contribution is 5.55. The van der Waals surface area contributed by atoms with E-state index in [4.69, 9.17) is 4.74 Å². The number of nitro groups is 1. The fourth-order valence-corrected chi connectivity index (χ4v) is 1.93. The molecule has 0 aromatic carbocycles. The molecule has 1 atom stereocenters.